The number of amides is 3. The number of carbonyl (C=O) groups is 3. The summed E-state index contributed by atoms with van der Waals surface area (Å²) >= 11 is 7.04. The molecule has 0 saturated carbocycles. The number of thioether (sulfide) groups is 1. The first-order chi connectivity index (χ1) is 15.5. The first-order valence-electron chi connectivity index (χ1n) is 10.5. The van der Waals surface area contributed by atoms with Crippen LogP contribution in [-0.2, 0) is 16.2 Å². The highest BCUT2D eigenvalue weighted by Crippen LogP contribution is 2.34. The van der Waals surface area contributed by atoms with E-state index in [0.29, 0.717) is 29.4 Å². The van der Waals surface area contributed by atoms with Crippen molar-refractivity contribution < 1.29 is 19.1 Å². The van der Waals surface area contributed by atoms with Crippen molar-refractivity contribution in [1.82, 2.24) is 9.80 Å². The van der Waals surface area contributed by atoms with Crippen molar-refractivity contribution in [2.45, 2.75) is 25.9 Å². The average molecular weight is 471 g/mol. The van der Waals surface area contributed by atoms with Gasteiger partial charge in [-0.2, -0.15) is 0 Å². The number of hydrogen-bond donors (Lipinski definition) is 0. The Morgan fingerprint density at radius 1 is 1.03 bits per heavy atom. The summed E-state index contributed by atoms with van der Waals surface area (Å²) < 4.78 is 5.94. The lowest BCUT2D eigenvalue weighted by Crippen LogP contribution is -2.44. The van der Waals surface area contributed by atoms with Gasteiger partial charge in [-0.05, 0) is 49.2 Å². The fraction of sp³-hybridized carbons (Fsp3) is 0.292. The first-order valence-corrected chi connectivity index (χ1v) is 11.7. The maximum Gasteiger partial charge on any atom is 0.294 e. The topological polar surface area (TPSA) is 66.9 Å². The second-order valence-electron chi connectivity index (χ2n) is 7.63. The number of nitrogens with zero attached hydrogens (tertiary/aromatic N) is 2. The lowest BCUT2D eigenvalue weighted by Gasteiger charge is -2.27. The molecule has 0 aliphatic carbocycles. The van der Waals surface area contributed by atoms with E-state index in [0.717, 1.165) is 41.5 Å². The van der Waals surface area contributed by atoms with Crippen LogP contribution in [0.2, 0.25) is 5.02 Å². The first kappa shape index (κ1) is 22.4. The standard InChI is InChI=1S/C24H23ClN2O4S/c25-19-10-4-2-9-18(19)16-31-20-11-5-3-8-17(20)14-21-23(29)27(24(30)32-21)15-22(28)26-12-6-1-7-13-26/h2-5,8-11,14H,1,6-7,12-13,15-16H2/b21-14-. The number of hydrogen-bond acceptors (Lipinski definition) is 5. The van der Waals surface area contributed by atoms with Crippen molar-refractivity contribution in [1.29, 1.82) is 0 Å². The van der Waals surface area contributed by atoms with Crippen LogP contribution in [0.25, 0.3) is 6.08 Å². The van der Waals surface area contributed by atoms with Gasteiger partial charge in [0.05, 0.1) is 4.91 Å². The fourth-order valence-electron chi connectivity index (χ4n) is 3.66. The predicted octanol–water partition coefficient (Wildman–Crippen LogP) is 4.97. The number of carbonyl (C=O) groups excluding carboxylic acids is 3. The second-order valence-corrected chi connectivity index (χ2v) is 9.03. The molecule has 4 rings (SSSR count). The summed E-state index contributed by atoms with van der Waals surface area (Å²) in [5, 5.41) is 0.186. The van der Waals surface area contributed by atoms with E-state index in [1.165, 1.54) is 0 Å². The lowest BCUT2D eigenvalue weighted by molar-refractivity contribution is -0.136. The zero-order valence-corrected chi connectivity index (χ0v) is 19.0. The summed E-state index contributed by atoms with van der Waals surface area (Å²) in [5.41, 5.74) is 1.52. The molecule has 166 valence electrons. The quantitative estimate of drug-likeness (QED) is 0.558. The summed E-state index contributed by atoms with van der Waals surface area (Å²) in [4.78, 5) is 40.9. The maximum atomic E-state index is 12.9. The molecule has 0 unspecified atom stereocenters. The molecule has 6 nitrogen and oxygen atoms in total. The van der Waals surface area contributed by atoms with Gasteiger partial charge in [0.2, 0.25) is 5.91 Å². The van der Waals surface area contributed by atoms with Crippen LogP contribution in [0.3, 0.4) is 0 Å². The van der Waals surface area contributed by atoms with Crippen LogP contribution in [0, 0.1) is 0 Å². The van der Waals surface area contributed by atoms with E-state index in [9.17, 15) is 14.4 Å². The van der Waals surface area contributed by atoms with E-state index in [-0.39, 0.29) is 24.0 Å². The Kier molecular flexibility index (Phi) is 7.17. The molecular weight excluding hydrogens is 448 g/mol. The third-order valence-electron chi connectivity index (χ3n) is 5.42. The molecule has 0 spiro atoms. The van der Waals surface area contributed by atoms with Gasteiger partial charge in [0.15, 0.2) is 0 Å². The van der Waals surface area contributed by atoms with Crippen LogP contribution >= 0.6 is 23.4 Å². The molecule has 2 aromatic carbocycles. The van der Waals surface area contributed by atoms with Gasteiger partial charge in [-0.1, -0.05) is 48.0 Å². The summed E-state index contributed by atoms with van der Waals surface area (Å²) in [6.07, 6.45) is 4.65. The number of para-hydroxylation sites is 1. The SMILES string of the molecule is O=C(CN1C(=O)S/C(=C\c2ccccc2OCc2ccccc2Cl)C1=O)N1CCCCC1. The number of likely N-dealkylation sites (tertiary alicyclic amines) is 1. The van der Waals surface area contributed by atoms with Gasteiger partial charge in [-0.15, -0.1) is 0 Å². The van der Waals surface area contributed by atoms with Crippen molar-refractivity contribution in [2.75, 3.05) is 19.6 Å². The largest absolute Gasteiger partial charge is 0.488 e. The molecule has 32 heavy (non-hydrogen) atoms. The van der Waals surface area contributed by atoms with Crippen LogP contribution in [-0.4, -0.2) is 46.5 Å². The molecule has 3 amide bonds. The van der Waals surface area contributed by atoms with Crippen LogP contribution < -0.4 is 4.74 Å². The minimum absolute atomic E-state index is 0.184. The fourth-order valence-corrected chi connectivity index (χ4v) is 4.68. The molecule has 2 aromatic rings. The highest BCUT2D eigenvalue weighted by Gasteiger charge is 2.37. The molecule has 2 heterocycles. The van der Waals surface area contributed by atoms with Gasteiger partial charge in [0.1, 0.15) is 18.9 Å². The third kappa shape index (κ3) is 5.16. The predicted molar refractivity (Wildman–Crippen MR) is 125 cm³/mol. The van der Waals surface area contributed by atoms with Gasteiger partial charge >= 0.3 is 0 Å². The number of piperidine rings is 1. The van der Waals surface area contributed by atoms with E-state index < -0.39 is 11.1 Å². The summed E-state index contributed by atoms with van der Waals surface area (Å²) in [6, 6.07) is 14.7. The van der Waals surface area contributed by atoms with Crippen molar-refractivity contribution >= 4 is 46.5 Å². The number of halogens is 1. The Hall–Kier alpha value is -2.77. The molecule has 0 N–H and O–H groups in total. The number of imide groups is 1. The highest BCUT2D eigenvalue weighted by atomic mass is 35.5. The monoisotopic (exact) mass is 470 g/mol. The zero-order valence-electron chi connectivity index (χ0n) is 17.5. The molecule has 0 atom stereocenters. The van der Waals surface area contributed by atoms with Gasteiger partial charge in [-0.3, -0.25) is 19.3 Å². The Morgan fingerprint density at radius 3 is 2.53 bits per heavy atom. The number of ether oxygens (including phenoxy) is 1. The van der Waals surface area contributed by atoms with Crippen LogP contribution in [0.1, 0.15) is 30.4 Å². The molecule has 2 saturated heterocycles. The van der Waals surface area contributed by atoms with Crippen molar-refractivity contribution in [3.63, 3.8) is 0 Å². The van der Waals surface area contributed by atoms with Gasteiger partial charge < -0.3 is 9.64 Å². The molecular formula is C24H23ClN2O4S. The van der Waals surface area contributed by atoms with E-state index >= 15 is 0 Å². The summed E-state index contributed by atoms with van der Waals surface area (Å²) in [7, 11) is 0. The van der Waals surface area contributed by atoms with Crippen molar-refractivity contribution in [3.8, 4) is 5.75 Å². The third-order valence-corrected chi connectivity index (χ3v) is 6.70. The molecule has 0 bridgehead atoms. The van der Waals surface area contributed by atoms with Crippen LogP contribution in [0.4, 0.5) is 4.79 Å². The average Bonchev–Trinajstić information content (AvgIpc) is 3.07. The Bertz CT molecular complexity index is 1070. The Labute approximate surface area is 196 Å². The van der Waals surface area contributed by atoms with E-state index in [4.69, 9.17) is 16.3 Å². The van der Waals surface area contributed by atoms with Crippen LogP contribution in [0.15, 0.2) is 53.4 Å². The second kappa shape index (κ2) is 10.2. The van der Waals surface area contributed by atoms with Gasteiger partial charge in [0, 0.05) is 29.2 Å². The maximum absolute atomic E-state index is 12.9. The van der Waals surface area contributed by atoms with Crippen molar-refractivity contribution in [2.24, 2.45) is 0 Å². The van der Waals surface area contributed by atoms with Crippen LogP contribution in [0.5, 0.6) is 5.75 Å². The van der Waals surface area contributed by atoms with E-state index in [1.807, 2.05) is 36.4 Å². The van der Waals surface area contributed by atoms with E-state index in [2.05, 4.69) is 0 Å². The normalized spacial score (nSPS) is 17.8. The molecule has 2 aliphatic heterocycles. The Balaban J connectivity index is 1.47. The molecule has 2 fully saturated rings. The number of benzene rings is 2. The van der Waals surface area contributed by atoms with Crippen molar-refractivity contribution in [3.05, 3.63) is 69.6 Å². The molecule has 2 aliphatic rings. The molecule has 0 aromatic heterocycles. The zero-order chi connectivity index (χ0) is 22.5. The highest BCUT2D eigenvalue weighted by molar-refractivity contribution is 8.18. The van der Waals surface area contributed by atoms with Gasteiger partial charge in [-0.25, -0.2) is 0 Å². The summed E-state index contributed by atoms with van der Waals surface area (Å²) in [5.74, 6) is -0.0633. The summed E-state index contributed by atoms with van der Waals surface area (Å²) in [6.45, 7) is 1.42. The lowest BCUT2D eigenvalue weighted by atomic mass is 10.1. The number of rotatable bonds is 6. The van der Waals surface area contributed by atoms with E-state index in [1.54, 1.807) is 23.1 Å². The minimum Gasteiger partial charge on any atom is -0.488 e. The minimum atomic E-state index is -0.453. The molecule has 0 radical (unpaired) electrons. The molecule has 8 heteroatoms. The van der Waals surface area contributed by atoms with Gasteiger partial charge in [0.25, 0.3) is 11.1 Å². The Morgan fingerprint density at radius 2 is 1.75 bits per heavy atom. The smallest absolute Gasteiger partial charge is 0.294 e.